The van der Waals surface area contributed by atoms with Crippen LogP contribution in [0.25, 0.3) is 0 Å². The Hall–Kier alpha value is -1.84. The normalized spacial score (nSPS) is 15.8. The zero-order valence-electron chi connectivity index (χ0n) is 14.9. The quantitative estimate of drug-likeness (QED) is 0.792. The van der Waals surface area contributed by atoms with Gasteiger partial charge in [-0.2, -0.15) is 0 Å². The van der Waals surface area contributed by atoms with Crippen LogP contribution >= 0.6 is 0 Å². The summed E-state index contributed by atoms with van der Waals surface area (Å²) in [4.78, 5) is 14.7. The molecular weight excluding hydrogens is 336 g/mol. The highest BCUT2D eigenvalue weighted by atomic mass is 32.2. The van der Waals surface area contributed by atoms with E-state index in [9.17, 15) is 13.2 Å². The van der Waals surface area contributed by atoms with Gasteiger partial charge in [-0.25, -0.2) is 13.1 Å². The van der Waals surface area contributed by atoms with E-state index in [0.717, 1.165) is 25.7 Å². The van der Waals surface area contributed by atoms with Crippen molar-refractivity contribution in [1.82, 2.24) is 9.62 Å². The van der Waals surface area contributed by atoms with Gasteiger partial charge in [0, 0.05) is 17.6 Å². The van der Waals surface area contributed by atoms with Crippen LogP contribution in [0.5, 0.6) is 0 Å². The Labute approximate surface area is 150 Å². The zero-order chi connectivity index (χ0) is 18.4. The predicted molar refractivity (Wildman–Crippen MR) is 98.6 cm³/mol. The van der Waals surface area contributed by atoms with Crippen molar-refractivity contribution in [1.29, 1.82) is 0 Å². The summed E-state index contributed by atoms with van der Waals surface area (Å²) in [6.07, 6.45) is 10.8. The summed E-state index contributed by atoms with van der Waals surface area (Å²) in [6, 6.07) is 6.03. The van der Waals surface area contributed by atoms with E-state index in [1.54, 1.807) is 30.9 Å². The van der Waals surface area contributed by atoms with E-state index in [0.29, 0.717) is 5.56 Å². The lowest BCUT2D eigenvalue weighted by Crippen LogP contribution is -2.41. The van der Waals surface area contributed by atoms with Crippen molar-refractivity contribution in [2.45, 2.75) is 62.9 Å². The molecule has 1 amide bonds. The minimum atomic E-state index is -3.56. The molecule has 1 saturated carbocycles. The van der Waals surface area contributed by atoms with Gasteiger partial charge in [-0.3, -0.25) is 4.79 Å². The number of nitrogens with zero attached hydrogens (tertiary/aromatic N) is 1. The highest BCUT2D eigenvalue weighted by Crippen LogP contribution is 2.24. The van der Waals surface area contributed by atoms with Crippen LogP contribution in [0.4, 0.5) is 0 Å². The summed E-state index contributed by atoms with van der Waals surface area (Å²) in [7, 11) is -3.56. The molecule has 1 aliphatic rings. The first kappa shape index (κ1) is 19.5. The Morgan fingerprint density at radius 1 is 1.24 bits per heavy atom. The number of carbonyl (C=O) groups is 1. The van der Waals surface area contributed by atoms with Crippen LogP contribution in [0.3, 0.4) is 0 Å². The van der Waals surface area contributed by atoms with Gasteiger partial charge in [0.1, 0.15) is 0 Å². The van der Waals surface area contributed by atoms with Crippen molar-refractivity contribution in [3.8, 4) is 12.3 Å². The van der Waals surface area contributed by atoms with E-state index in [1.807, 2.05) is 0 Å². The van der Waals surface area contributed by atoms with Crippen molar-refractivity contribution < 1.29 is 13.2 Å². The molecule has 0 radical (unpaired) electrons. The molecule has 0 atom stereocenters. The monoisotopic (exact) mass is 362 g/mol. The summed E-state index contributed by atoms with van der Waals surface area (Å²) < 4.78 is 26.9. The molecule has 2 rings (SSSR count). The Kier molecular flexibility index (Phi) is 6.63. The predicted octanol–water partition coefficient (Wildman–Crippen LogP) is 2.78. The molecular formula is C19H26N2O3S. The molecule has 25 heavy (non-hydrogen) atoms. The third-order valence-electron chi connectivity index (χ3n) is 4.34. The number of sulfonamides is 1. The molecule has 136 valence electrons. The minimum Gasteiger partial charge on any atom is -0.325 e. The van der Waals surface area contributed by atoms with Crippen molar-refractivity contribution in [3.05, 3.63) is 29.8 Å². The standard InChI is InChI=1S/C19H26N2O3S/c1-4-14-21(17-8-6-5-7-9-17)19(22)16-10-12-18(13-11-16)25(23,24)20-15(2)3/h1,10-13,15,17,20H,5-9,14H2,2-3H3. The van der Waals surface area contributed by atoms with E-state index in [1.165, 1.54) is 18.6 Å². The van der Waals surface area contributed by atoms with E-state index in [4.69, 9.17) is 6.42 Å². The van der Waals surface area contributed by atoms with Gasteiger partial charge in [0.2, 0.25) is 10.0 Å². The van der Waals surface area contributed by atoms with Crippen LogP contribution in [0, 0.1) is 12.3 Å². The summed E-state index contributed by atoms with van der Waals surface area (Å²) in [6.45, 7) is 3.80. The van der Waals surface area contributed by atoms with Gasteiger partial charge >= 0.3 is 0 Å². The van der Waals surface area contributed by atoms with Crippen LogP contribution in [0.15, 0.2) is 29.2 Å². The molecule has 5 nitrogen and oxygen atoms in total. The number of nitrogens with one attached hydrogen (secondary N) is 1. The van der Waals surface area contributed by atoms with Crippen molar-refractivity contribution >= 4 is 15.9 Å². The van der Waals surface area contributed by atoms with Gasteiger partial charge in [0.25, 0.3) is 5.91 Å². The number of terminal acetylenes is 1. The summed E-state index contributed by atoms with van der Waals surface area (Å²) in [5.74, 6) is 2.44. The first-order valence-corrected chi connectivity index (χ1v) is 10.2. The molecule has 0 aliphatic heterocycles. The second-order valence-electron chi connectivity index (χ2n) is 6.73. The zero-order valence-corrected chi connectivity index (χ0v) is 15.7. The van der Waals surface area contributed by atoms with Gasteiger partial charge in [-0.1, -0.05) is 25.2 Å². The first-order chi connectivity index (χ1) is 11.8. The number of rotatable bonds is 6. The summed E-state index contributed by atoms with van der Waals surface area (Å²) in [5.41, 5.74) is 0.462. The van der Waals surface area contributed by atoms with Crippen LogP contribution in [-0.2, 0) is 10.0 Å². The average molecular weight is 362 g/mol. The van der Waals surface area contributed by atoms with Crippen LogP contribution < -0.4 is 4.72 Å². The fraction of sp³-hybridized carbons (Fsp3) is 0.526. The first-order valence-electron chi connectivity index (χ1n) is 8.72. The molecule has 0 spiro atoms. The molecule has 1 aliphatic carbocycles. The lowest BCUT2D eigenvalue weighted by molar-refractivity contribution is 0.0667. The second-order valence-corrected chi connectivity index (χ2v) is 8.44. The number of carbonyl (C=O) groups excluding carboxylic acids is 1. The number of hydrogen-bond acceptors (Lipinski definition) is 3. The Morgan fingerprint density at radius 2 is 1.84 bits per heavy atom. The van der Waals surface area contributed by atoms with E-state index in [2.05, 4.69) is 10.6 Å². The average Bonchev–Trinajstić information content (AvgIpc) is 2.59. The molecule has 0 aromatic heterocycles. The van der Waals surface area contributed by atoms with Gasteiger partial charge in [0.05, 0.1) is 11.4 Å². The Morgan fingerprint density at radius 3 is 2.36 bits per heavy atom. The minimum absolute atomic E-state index is 0.134. The molecule has 0 unspecified atom stereocenters. The fourth-order valence-corrected chi connectivity index (χ4v) is 4.43. The van der Waals surface area contributed by atoms with Gasteiger partial charge in [-0.15, -0.1) is 6.42 Å². The maximum absolute atomic E-state index is 12.8. The molecule has 0 heterocycles. The summed E-state index contributed by atoms with van der Waals surface area (Å²) in [5, 5.41) is 0. The van der Waals surface area contributed by atoms with E-state index >= 15 is 0 Å². The third-order valence-corrected chi connectivity index (χ3v) is 6.01. The highest BCUT2D eigenvalue weighted by molar-refractivity contribution is 7.89. The van der Waals surface area contributed by atoms with Crippen molar-refractivity contribution in [2.75, 3.05) is 6.54 Å². The van der Waals surface area contributed by atoms with Crippen molar-refractivity contribution in [3.63, 3.8) is 0 Å². The van der Waals surface area contributed by atoms with E-state index in [-0.39, 0.29) is 29.4 Å². The molecule has 1 N–H and O–H groups in total. The number of benzene rings is 1. The largest absolute Gasteiger partial charge is 0.325 e. The SMILES string of the molecule is C#CCN(C(=O)c1ccc(S(=O)(=O)NC(C)C)cc1)C1CCCCC1. The number of hydrogen-bond donors (Lipinski definition) is 1. The maximum Gasteiger partial charge on any atom is 0.254 e. The Balaban J connectivity index is 2.19. The second kappa shape index (κ2) is 8.50. The van der Waals surface area contributed by atoms with Crippen LogP contribution in [0.2, 0.25) is 0 Å². The molecule has 0 saturated heterocycles. The third kappa shape index (κ3) is 5.07. The maximum atomic E-state index is 12.8. The number of amides is 1. The van der Waals surface area contributed by atoms with Gasteiger partial charge in [0.15, 0.2) is 0 Å². The molecule has 1 aromatic carbocycles. The molecule has 1 aromatic rings. The smallest absolute Gasteiger partial charge is 0.254 e. The fourth-order valence-electron chi connectivity index (χ4n) is 3.18. The summed E-state index contributed by atoms with van der Waals surface area (Å²) >= 11 is 0. The lowest BCUT2D eigenvalue weighted by atomic mass is 9.93. The van der Waals surface area contributed by atoms with E-state index < -0.39 is 10.0 Å². The highest BCUT2D eigenvalue weighted by Gasteiger charge is 2.26. The van der Waals surface area contributed by atoms with Crippen molar-refractivity contribution in [2.24, 2.45) is 0 Å². The molecule has 1 fully saturated rings. The lowest BCUT2D eigenvalue weighted by Gasteiger charge is -2.33. The van der Waals surface area contributed by atoms with Crippen LogP contribution in [0.1, 0.15) is 56.3 Å². The van der Waals surface area contributed by atoms with Crippen LogP contribution in [-0.4, -0.2) is 37.9 Å². The topological polar surface area (TPSA) is 66.5 Å². The molecule has 0 bridgehead atoms. The van der Waals surface area contributed by atoms with Gasteiger partial charge < -0.3 is 4.90 Å². The molecule has 6 heteroatoms. The Bertz CT molecular complexity index is 727. The van der Waals surface area contributed by atoms with Gasteiger partial charge in [-0.05, 0) is 51.0 Å².